The number of hydrogen-bond acceptors (Lipinski definition) is 3. The molecule has 2 unspecified atom stereocenters. The van der Waals surface area contributed by atoms with Crippen molar-refractivity contribution in [3.05, 3.63) is 35.9 Å². The average Bonchev–Trinajstić information content (AvgIpc) is 2.62. The Bertz CT molecular complexity index is 379. The number of rotatable bonds is 5. The lowest BCUT2D eigenvalue weighted by Crippen LogP contribution is -2.47. The Morgan fingerprint density at radius 3 is 2.65 bits per heavy atom. The fourth-order valence-corrected chi connectivity index (χ4v) is 3.10. The smallest absolute Gasteiger partial charge is 0.0490 e. The molecule has 3 nitrogen and oxygen atoms in total. The van der Waals surface area contributed by atoms with Gasteiger partial charge in [-0.2, -0.15) is 0 Å². The first-order chi connectivity index (χ1) is 9.72. The molecule has 2 atom stereocenters. The van der Waals surface area contributed by atoms with Crippen molar-refractivity contribution in [1.29, 1.82) is 0 Å². The minimum atomic E-state index is 0.418. The molecule has 1 fully saturated rings. The van der Waals surface area contributed by atoms with Crippen molar-refractivity contribution in [3.8, 4) is 0 Å². The summed E-state index contributed by atoms with van der Waals surface area (Å²) >= 11 is 0. The number of likely N-dealkylation sites (N-methyl/N-ethyl adjacent to an activating group) is 2. The second-order valence-electron chi connectivity index (χ2n) is 6.01. The van der Waals surface area contributed by atoms with Gasteiger partial charge in [0.25, 0.3) is 0 Å². The van der Waals surface area contributed by atoms with Crippen LogP contribution in [0.2, 0.25) is 0 Å². The molecule has 0 aromatic heterocycles. The molecule has 0 saturated carbocycles. The van der Waals surface area contributed by atoms with Crippen molar-refractivity contribution in [1.82, 2.24) is 15.1 Å². The fraction of sp³-hybridized carbons (Fsp3) is 0.647. The van der Waals surface area contributed by atoms with Gasteiger partial charge in [-0.25, -0.2) is 0 Å². The van der Waals surface area contributed by atoms with Gasteiger partial charge in [-0.3, -0.25) is 0 Å². The largest absolute Gasteiger partial charge is 0.309 e. The average molecular weight is 275 g/mol. The first-order valence-corrected chi connectivity index (χ1v) is 7.89. The molecule has 0 aliphatic carbocycles. The Morgan fingerprint density at radius 1 is 1.20 bits per heavy atom. The van der Waals surface area contributed by atoms with E-state index in [1.807, 2.05) is 0 Å². The van der Waals surface area contributed by atoms with Crippen molar-refractivity contribution < 1.29 is 0 Å². The summed E-state index contributed by atoms with van der Waals surface area (Å²) < 4.78 is 0. The minimum absolute atomic E-state index is 0.418. The molecule has 1 aromatic rings. The molecular weight excluding hydrogens is 246 g/mol. The second-order valence-corrected chi connectivity index (χ2v) is 6.01. The first-order valence-electron chi connectivity index (χ1n) is 7.89. The van der Waals surface area contributed by atoms with Crippen LogP contribution >= 0.6 is 0 Å². The number of nitrogens with zero attached hydrogens (tertiary/aromatic N) is 2. The third-order valence-electron chi connectivity index (χ3n) is 4.27. The highest BCUT2D eigenvalue weighted by molar-refractivity contribution is 5.21. The Labute approximate surface area is 124 Å². The van der Waals surface area contributed by atoms with Gasteiger partial charge in [0, 0.05) is 18.6 Å². The maximum absolute atomic E-state index is 3.77. The van der Waals surface area contributed by atoms with Gasteiger partial charge in [0.05, 0.1) is 0 Å². The van der Waals surface area contributed by atoms with E-state index in [1.165, 1.54) is 31.5 Å². The van der Waals surface area contributed by atoms with E-state index in [-0.39, 0.29) is 0 Å². The highest BCUT2D eigenvalue weighted by Crippen LogP contribution is 2.23. The van der Waals surface area contributed by atoms with E-state index in [0.717, 1.165) is 13.1 Å². The van der Waals surface area contributed by atoms with Crippen LogP contribution < -0.4 is 5.32 Å². The summed E-state index contributed by atoms with van der Waals surface area (Å²) in [6.45, 7) is 6.83. The lowest BCUT2D eigenvalue weighted by atomic mass is 9.97. The van der Waals surface area contributed by atoms with Crippen molar-refractivity contribution in [2.45, 2.75) is 31.8 Å². The lowest BCUT2D eigenvalue weighted by Gasteiger charge is -2.35. The lowest BCUT2D eigenvalue weighted by molar-refractivity contribution is 0.178. The quantitative estimate of drug-likeness (QED) is 0.890. The third-order valence-corrected chi connectivity index (χ3v) is 4.27. The van der Waals surface area contributed by atoms with Crippen LogP contribution in [0.5, 0.6) is 0 Å². The third kappa shape index (κ3) is 4.05. The molecule has 0 amide bonds. The van der Waals surface area contributed by atoms with E-state index in [0.29, 0.717) is 12.1 Å². The van der Waals surface area contributed by atoms with Gasteiger partial charge in [-0.1, -0.05) is 37.3 Å². The fourth-order valence-electron chi connectivity index (χ4n) is 3.10. The summed E-state index contributed by atoms with van der Waals surface area (Å²) in [5.41, 5.74) is 1.41. The molecule has 1 aromatic carbocycles. The molecule has 0 radical (unpaired) electrons. The maximum atomic E-state index is 3.77. The zero-order valence-corrected chi connectivity index (χ0v) is 13.2. The van der Waals surface area contributed by atoms with E-state index in [4.69, 9.17) is 0 Å². The number of nitrogens with one attached hydrogen (secondary N) is 1. The molecule has 0 bridgehead atoms. The Kier molecular flexibility index (Phi) is 6.02. The summed E-state index contributed by atoms with van der Waals surface area (Å²) in [4.78, 5) is 5.00. The molecule has 1 aliphatic heterocycles. The van der Waals surface area contributed by atoms with Crippen molar-refractivity contribution >= 4 is 0 Å². The molecule has 1 N–H and O–H groups in total. The predicted molar refractivity (Wildman–Crippen MR) is 86.0 cm³/mol. The van der Waals surface area contributed by atoms with Gasteiger partial charge in [-0.15, -0.1) is 0 Å². The zero-order valence-electron chi connectivity index (χ0n) is 13.2. The van der Waals surface area contributed by atoms with Gasteiger partial charge in [-0.05, 0) is 52.1 Å². The standard InChI is InChI=1S/C17H29N3/c1-4-11-18-17(15-9-6-5-7-10-15)16-14-19(2)12-8-13-20(16)3/h5-7,9-10,16-18H,4,8,11-14H2,1-3H3. The second kappa shape index (κ2) is 7.77. The van der Waals surface area contributed by atoms with Crippen LogP contribution in [0.1, 0.15) is 31.4 Å². The van der Waals surface area contributed by atoms with Gasteiger partial charge in [0.2, 0.25) is 0 Å². The number of benzene rings is 1. The summed E-state index contributed by atoms with van der Waals surface area (Å²) in [5.74, 6) is 0. The first kappa shape index (κ1) is 15.5. The van der Waals surface area contributed by atoms with Crippen LogP contribution in [0, 0.1) is 0 Å². The molecule has 112 valence electrons. The van der Waals surface area contributed by atoms with Gasteiger partial charge >= 0.3 is 0 Å². The zero-order chi connectivity index (χ0) is 14.4. The van der Waals surface area contributed by atoms with Crippen LogP contribution in [-0.2, 0) is 0 Å². The summed E-state index contributed by atoms with van der Waals surface area (Å²) in [7, 11) is 4.52. The Hall–Kier alpha value is -0.900. The summed E-state index contributed by atoms with van der Waals surface area (Å²) in [6.07, 6.45) is 2.44. The Morgan fingerprint density at radius 2 is 1.95 bits per heavy atom. The van der Waals surface area contributed by atoms with Crippen LogP contribution in [-0.4, -0.2) is 56.1 Å². The predicted octanol–water partition coefficient (Wildman–Crippen LogP) is 2.36. The highest BCUT2D eigenvalue weighted by atomic mass is 15.2. The topological polar surface area (TPSA) is 18.5 Å². The number of hydrogen-bond donors (Lipinski definition) is 1. The van der Waals surface area contributed by atoms with Crippen molar-refractivity contribution in [2.75, 3.05) is 40.3 Å². The molecule has 20 heavy (non-hydrogen) atoms. The Balaban J connectivity index is 2.19. The molecule has 2 rings (SSSR count). The van der Waals surface area contributed by atoms with Crippen LogP contribution in [0.25, 0.3) is 0 Å². The van der Waals surface area contributed by atoms with E-state index < -0.39 is 0 Å². The van der Waals surface area contributed by atoms with E-state index in [1.54, 1.807) is 0 Å². The van der Waals surface area contributed by atoms with Crippen LogP contribution in [0.4, 0.5) is 0 Å². The van der Waals surface area contributed by atoms with Crippen molar-refractivity contribution in [3.63, 3.8) is 0 Å². The molecule has 3 heteroatoms. The molecule has 0 spiro atoms. The van der Waals surface area contributed by atoms with Crippen molar-refractivity contribution in [2.24, 2.45) is 0 Å². The normalized spacial score (nSPS) is 23.4. The monoisotopic (exact) mass is 275 g/mol. The SMILES string of the molecule is CCCNC(c1ccccc1)C1CN(C)CCCN1C. The van der Waals surface area contributed by atoms with Crippen LogP contribution in [0.3, 0.4) is 0 Å². The molecule has 1 aliphatic rings. The molecular formula is C17H29N3. The van der Waals surface area contributed by atoms with Gasteiger partial charge < -0.3 is 15.1 Å². The van der Waals surface area contributed by atoms with Gasteiger partial charge in [0.15, 0.2) is 0 Å². The summed E-state index contributed by atoms with van der Waals surface area (Å²) in [6, 6.07) is 11.9. The van der Waals surface area contributed by atoms with E-state index in [2.05, 4.69) is 66.5 Å². The maximum Gasteiger partial charge on any atom is 0.0490 e. The van der Waals surface area contributed by atoms with Gasteiger partial charge in [0.1, 0.15) is 0 Å². The minimum Gasteiger partial charge on any atom is -0.309 e. The van der Waals surface area contributed by atoms with Crippen LogP contribution in [0.15, 0.2) is 30.3 Å². The summed E-state index contributed by atoms with van der Waals surface area (Å²) in [5, 5.41) is 3.77. The molecule has 1 heterocycles. The molecule has 1 saturated heterocycles. The van der Waals surface area contributed by atoms with E-state index in [9.17, 15) is 0 Å². The highest BCUT2D eigenvalue weighted by Gasteiger charge is 2.29. The van der Waals surface area contributed by atoms with E-state index >= 15 is 0 Å².